The third-order valence-corrected chi connectivity index (χ3v) is 6.51. The van der Waals surface area contributed by atoms with Crippen LogP contribution in [0.3, 0.4) is 0 Å². The number of benzene rings is 2. The summed E-state index contributed by atoms with van der Waals surface area (Å²) in [6.07, 6.45) is 3.20. The summed E-state index contributed by atoms with van der Waals surface area (Å²) >= 11 is 0. The van der Waals surface area contributed by atoms with E-state index in [0.717, 1.165) is 24.9 Å². The maximum Gasteiger partial charge on any atom is 0.280 e. The molecule has 0 spiro atoms. The number of ketones is 1. The smallest absolute Gasteiger partial charge is 0.280 e. The van der Waals surface area contributed by atoms with Crippen molar-refractivity contribution in [2.75, 3.05) is 24.6 Å². The number of hydrogen-bond donors (Lipinski definition) is 2. The van der Waals surface area contributed by atoms with Crippen molar-refractivity contribution in [1.82, 2.24) is 19.1 Å². The van der Waals surface area contributed by atoms with Crippen LogP contribution >= 0.6 is 0 Å². The SMILES string of the molecule is NC(=O)COc1ccccc1C(=O)Cn1cnc2nc(N3CCCC(N)C3)n(Cc3ccccc3)c2c1=O. The summed E-state index contributed by atoms with van der Waals surface area (Å²) in [6.45, 7) is 1.20. The molecule has 11 nitrogen and oxygen atoms in total. The van der Waals surface area contributed by atoms with Gasteiger partial charge in [-0.2, -0.15) is 4.98 Å². The van der Waals surface area contributed by atoms with Gasteiger partial charge in [-0.25, -0.2) is 4.98 Å². The highest BCUT2D eigenvalue weighted by Gasteiger charge is 2.25. The molecule has 2 aromatic heterocycles. The van der Waals surface area contributed by atoms with E-state index >= 15 is 0 Å². The second kappa shape index (κ2) is 10.9. The zero-order valence-electron chi connectivity index (χ0n) is 20.8. The lowest BCUT2D eigenvalue weighted by Crippen LogP contribution is -2.44. The molecule has 2 aromatic carbocycles. The molecule has 38 heavy (non-hydrogen) atoms. The number of primary amides is 1. The van der Waals surface area contributed by atoms with Crippen molar-refractivity contribution >= 4 is 28.8 Å². The fourth-order valence-corrected chi connectivity index (χ4v) is 4.72. The molecular formula is C27H29N7O4. The Bertz CT molecular complexity index is 1530. The van der Waals surface area contributed by atoms with Gasteiger partial charge in [-0.1, -0.05) is 42.5 Å². The summed E-state index contributed by atoms with van der Waals surface area (Å²) in [4.78, 5) is 49.4. The molecule has 1 aliphatic heterocycles. The highest BCUT2D eigenvalue weighted by molar-refractivity contribution is 5.98. The van der Waals surface area contributed by atoms with E-state index in [4.69, 9.17) is 21.2 Å². The van der Waals surface area contributed by atoms with Crippen LogP contribution in [-0.2, 0) is 17.9 Å². The van der Waals surface area contributed by atoms with E-state index in [-0.39, 0.29) is 41.8 Å². The predicted molar refractivity (Wildman–Crippen MR) is 142 cm³/mol. The summed E-state index contributed by atoms with van der Waals surface area (Å²) in [5.41, 5.74) is 12.9. The number of amides is 1. The van der Waals surface area contributed by atoms with Crippen LogP contribution in [0.15, 0.2) is 65.7 Å². The third-order valence-electron chi connectivity index (χ3n) is 6.51. The normalized spacial score (nSPS) is 15.5. The first-order valence-corrected chi connectivity index (χ1v) is 12.4. The molecule has 4 aromatic rings. The van der Waals surface area contributed by atoms with Crippen LogP contribution in [0.25, 0.3) is 11.2 Å². The Hall–Kier alpha value is -4.51. The van der Waals surface area contributed by atoms with Gasteiger partial charge in [0, 0.05) is 19.1 Å². The van der Waals surface area contributed by atoms with E-state index in [0.29, 0.717) is 30.2 Å². The van der Waals surface area contributed by atoms with Gasteiger partial charge in [0.25, 0.3) is 11.5 Å². The first-order valence-electron chi connectivity index (χ1n) is 12.4. The Morgan fingerprint density at radius 3 is 2.61 bits per heavy atom. The van der Waals surface area contributed by atoms with Crippen LogP contribution < -0.4 is 26.7 Å². The summed E-state index contributed by atoms with van der Waals surface area (Å²) < 4.78 is 8.53. The Morgan fingerprint density at radius 2 is 1.84 bits per heavy atom. The Balaban J connectivity index is 1.53. The van der Waals surface area contributed by atoms with Gasteiger partial charge in [0.2, 0.25) is 5.95 Å². The maximum atomic E-state index is 13.7. The number of anilines is 1. The third kappa shape index (κ3) is 5.28. The Labute approximate surface area is 218 Å². The van der Waals surface area contributed by atoms with Crippen LogP contribution in [0.5, 0.6) is 5.75 Å². The molecule has 1 amide bonds. The van der Waals surface area contributed by atoms with E-state index in [1.54, 1.807) is 24.3 Å². The minimum Gasteiger partial charge on any atom is -0.483 e. The zero-order valence-corrected chi connectivity index (χ0v) is 20.8. The van der Waals surface area contributed by atoms with Crippen LogP contribution in [0.2, 0.25) is 0 Å². The van der Waals surface area contributed by atoms with Gasteiger partial charge in [-0.05, 0) is 30.5 Å². The molecule has 0 bridgehead atoms. The lowest BCUT2D eigenvalue weighted by Gasteiger charge is -2.31. The van der Waals surface area contributed by atoms with Gasteiger partial charge in [-0.3, -0.25) is 23.5 Å². The number of Topliss-reactive ketones (excluding diaryl/α,β-unsaturated/α-hetero) is 1. The first kappa shape index (κ1) is 25.2. The number of para-hydroxylation sites is 1. The summed E-state index contributed by atoms with van der Waals surface area (Å²) in [5, 5.41) is 0. The summed E-state index contributed by atoms with van der Waals surface area (Å²) in [7, 11) is 0. The van der Waals surface area contributed by atoms with Gasteiger partial charge in [0.1, 0.15) is 12.1 Å². The van der Waals surface area contributed by atoms with Crippen LogP contribution in [0.1, 0.15) is 28.8 Å². The van der Waals surface area contributed by atoms with E-state index in [1.165, 1.54) is 10.9 Å². The molecule has 0 radical (unpaired) electrons. The van der Waals surface area contributed by atoms with Crippen LogP contribution in [0.4, 0.5) is 5.95 Å². The van der Waals surface area contributed by atoms with Crippen LogP contribution in [-0.4, -0.2) is 56.5 Å². The largest absolute Gasteiger partial charge is 0.483 e. The monoisotopic (exact) mass is 515 g/mol. The molecular weight excluding hydrogens is 486 g/mol. The molecule has 3 heterocycles. The molecule has 1 aliphatic rings. The molecule has 1 fully saturated rings. The predicted octanol–water partition coefficient (Wildman–Crippen LogP) is 1.32. The number of imidazole rings is 1. The maximum absolute atomic E-state index is 13.7. The van der Waals surface area contributed by atoms with E-state index < -0.39 is 5.91 Å². The standard InChI is InChI=1S/C27H29N7O4/c28-19-9-6-12-32(14-19)27-31-25-24(34(27)13-18-7-2-1-3-8-18)26(37)33(17-30-25)15-21(35)20-10-4-5-11-22(20)38-16-23(29)36/h1-5,7-8,10-11,17,19H,6,9,12-16,28H2,(H2,29,36). The highest BCUT2D eigenvalue weighted by Crippen LogP contribution is 2.24. The molecule has 4 N–H and O–H groups in total. The van der Waals surface area contributed by atoms with Crippen LogP contribution in [0, 0.1) is 0 Å². The number of aromatic nitrogens is 4. The van der Waals surface area contributed by atoms with E-state index in [9.17, 15) is 14.4 Å². The van der Waals surface area contributed by atoms with E-state index in [1.807, 2.05) is 34.9 Å². The average Bonchev–Trinajstić information content (AvgIpc) is 3.28. The number of nitrogens with zero attached hydrogens (tertiary/aromatic N) is 5. The highest BCUT2D eigenvalue weighted by atomic mass is 16.5. The number of hydrogen-bond acceptors (Lipinski definition) is 8. The Morgan fingerprint density at radius 1 is 1.08 bits per heavy atom. The number of piperidine rings is 1. The summed E-state index contributed by atoms with van der Waals surface area (Å²) in [6, 6.07) is 16.3. The van der Waals surface area contributed by atoms with Gasteiger partial charge in [0.05, 0.1) is 18.7 Å². The van der Waals surface area contributed by atoms with E-state index in [2.05, 4.69) is 9.88 Å². The minimum atomic E-state index is -0.657. The number of carbonyl (C=O) groups excluding carboxylic acids is 2. The molecule has 5 rings (SSSR count). The molecule has 1 atom stereocenters. The van der Waals surface area contributed by atoms with Crippen molar-refractivity contribution in [3.63, 3.8) is 0 Å². The van der Waals surface area contributed by atoms with Crippen molar-refractivity contribution < 1.29 is 14.3 Å². The molecule has 1 saturated heterocycles. The van der Waals surface area contributed by atoms with Crippen molar-refractivity contribution in [1.29, 1.82) is 0 Å². The minimum absolute atomic E-state index is 0.0211. The number of nitrogens with two attached hydrogens (primary N) is 2. The number of ether oxygens (including phenoxy) is 1. The molecule has 196 valence electrons. The van der Waals surface area contributed by atoms with Gasteiger partial charge < -0.3 is 21.1 Å². The molecule has 0 aliphatic carbocycles. The molecule has 1 unspecified atom stereocenters. The molecule has 11 heteroatoms. The van der Waals surface area contributed by atoms with Gasteiger partial charge in [-0.15, -0.1) is 0 Å². The first-order chi connectivity index (χ1) is 18.4. The second-order valence-corrected chi connectivity index (χ2v) is 9.36. The summed E-state index contributed by atoms with van der Waals surface area (Å²) in [5.74, 6) is -0.172. The molecule has 0 saturated carbocycles. The quantitative estimate of drug-likeness (QED) is 0.317. The van der Waals surface area contributed by atoms with Gasteiger partial charge >= 0.3 is 0 Å². The van der Waals surface area contributed by atoms with Crippen molar-refractivity contribution in [3.05, 3.63) is 82.4 Å². The average molecular weight is 516 g/mol. The fourth-order valence-electron chi connectivity index (χ4n) is 4.72. The number of rotatable bonds is 9. The van der Waals surface area contributed by atoms with Crippen molar-refractivity contribution in [2.24, 2.45) is 11.5 Å². The van der Waals surface area contributed by atoms with Crippen molar-refractivity contribution in [2.45, 2.75) is 32.0 Å². The second-order valence-electron chi connectivity index (χ2n) is 9.36. The lowest BCUT2D eigenvalue weighted by molar-refractivity contribution is -0.119. The van der Waals surface area contributed by atoms with Gasteiger partial charge in [0.15, 0.2) is 23.6 Å². The fraction of sp³-hybridized carbons (Fsp3) is 0.296. The van der Waals surface area contributed by atoms with Crippen molar-refractivity contribution in [3.8, 4) is 5.75 Å². The Kier molecular flexibility index (Phi) is 7.18. The zero-order chi connectivity index (χ0) is 26.6. The number of carbonyl (C=O) groups is 2. The lowest BCUT2D eigenvalue weighted by atomic mass is 10.1. The topological polar surface area (TPSA) is 151 Å². The number of fused-ring (bicyclic) bond motifs is 1.